The Labute approximate surface area is 182 Å². The Morgan fingerprint density at radius 2 is 1.77 bits per heavy atom. The van der Waals surface area contributed by atoms with Crippen LogP contribution in [0.5, 0.6) is 0 Å². The van der Waals surface area contributed by atoms with E-state index < -0.39 is 11.7 Å². The molecule has 2 aromatic carbocycles. The van der Waals surface area contributed by atoms with Crippen molar-refractivity contribution in [2.75, 3.05) is 42.5 Å². The second-order valence-corrected chi connectivity index (χ2v) is 9.02. The molecule has 9 heteroatoms. The van der Waals surface area contributed by atoms with Crippen LogP contribution in [0.2, 0.25) is 5.02 Å². The standard InChI is InChI=1S/C21H21ClF3N3OS/c1-14(29)28-5-4-15-10-19(2-3-20(15)28)30-27-8-6-26(7-9-27)18-12-16(21(23,24)25)11-17(22)13-18/h2-3,10-13H,4-9H2,1H3. The molecule has 4 nitrogen and oxygen atoms in total. The quantitative estimate of drug-likeness (QED) is 0.602. The SMILES string of the molecule is CC(=O)N1CCc2cc(SN3CCN(c4cc(Cl)cc(C(F)(F)F)c4)CC3)ccc21. The van der Waals surface area contributed by atoms with E-state index >= 15 is 0 Å². The van der Waals surface area contributed by atoms with Gasteiger partial charge in [-0.05, 0) is 60.3 Å². The first-order valence-corrected chi connectivity index (χ1v) is 10.8. The van der Waals surface area contributed by atoms with Crippen molar-refractivity contribution in [3.8, 4) is 0 Å². The van der Waals surface area contributed by atoms with E-state index in [1.54, 1.807) is 29.8 Å². The third-order valence-electron chi connectivity index (χ3n) is 5.37. The van der Waals surface area contributed by atoms with Crippen LogP contribution in [0.15, 0.2) is 41.3 Å². The molecule has 1 saturated heterocycles. The van der Waals surface area contributed by atoms with Crippen LogP contribution < -0.4 is 9.80 Å². The smallest absolute Gasteiger partial charge is 0.369 e. The number of amides is 1. The van der Waals surface area contributed by atoms with Gasteiger partial charge in [-0.15, -0.1) is 0 Å². The average molecular weight is 456 g/mol. The molecule has 0 spiro atoms. The van der Waals surface area contributed by atoms with Crippen LogP contribution in [0.1, 0.15) is 18.1 Å². The molecule has 2 heterocycles. The van der Waals surface area contributed by atoms with Crippen LogP contribution in [0.3, 0.4) is 0 Å². The van der Waals surface area contributed by atoms with Crippen molar-refractivity contribution in [3.05, 3.63) is 52.5 Å². The molecule has 0 saturated carbocycles. The third-order valence-corrected chi connectivity index (χ3v) is 6.68. The van der Waals surface area contributed by atoms with Crippen molar-refractivity contribution >= 4 is 40.8 Å². The number of hydrogen-bond donors (Lipinski definition) is 0. The molecule has 1 amide bonds. The van der Waals surface area contributed by atoms with E-state index in [1.165, 1.54) is 5.56 Å². The molecule has 0 bridgehead atoms. The van der Waals surface area contributed by atoms with Crippen LogP contribution in [-0.4, -0.2) is 42.9 Å². The van der Waals surface area contributed by atoms with E-state index in [0.29, 0.717) is 18.8 Å². The number of anilines is 2. The van der Waals surface area contributed by atoms with Gasteiger partial charge in [-0.2, -0.15) is 13.2 Å². The zero-order chi connectivity index (χ0) is 21.5. The molecule has 4 rings (SSSR count). The number of alkyl halides is 3. The first-order valence-electron chi connectivity index (χ1n) is 9.67. The highest BCUT2D eigenvalue weighted by atomic mass is 35.5. The summed E-state index contributed by atoms with van der Waals surface area (Å²) >= 11 is 7.57. The van der Waals surface area contributed by atoms with E-state index in [9.17, 15) is 18.0 Å². The summed E-state index contributed by atoms with van der Waals surface area (Å²) in [7, 11) is 0. The number of carbonyl (C=O) groups excluding carboxylic acids is 1. The molecule has 0 N–H and O–H groups in total. The lowest BCUT2D eigenvalue weighted by Gasteiger charge is -2.35. The number of benzene rings is 2. The van der Waals surface area contributed by atoms with Crippen molar-refractivity contribution < 1.29 is 18.0 Å². The molecule has 0 aromatic heterocycles. The van der Waals surface area contributed by atoms with Gasteiger partial charge >= 0.3 is 6.18 Å². The fourth-order valence-corrected chi connectivity index (χ4v) is 5.07. The highest BCUT2D eigenvalue weighted by Gasteiger charge is 2.32. The highest BCUT2D eigenvalue weighted by molar-refractivity contribution is 7.97. The molecule has 2 aliphatic heterocycles. The molecule has 0 aliphatic carbocycles. The Bertz CT molecular complexity index is 961. The summed E-state index contributed by atoms with van der Waals surface area (Å²) in [5.74, 6) is 0.0555. The summed E-state index contributed by atoms with van der Waals surface area (Å²) in [5, 5.41) is 0.0920. The molecule has 0 radical (unpaired) electrons. The highest BCUT2D eigenvalue weighted by Crippen LogP contribution is 2.36. The first kappa shape index (κ1) is 21.3. The molecule has 1 fully saturated rings. The summed E-state index contributed by atoms with van der Waals surface area (Å²) < 4.78 is 41.4. The van der Waals surface area contributed by atoms with Gasteiger partial charge in [0.2, 0.25) is 5.91 Å². The largest absolute Gasteiger partial charge is 0.416 e. The fourth-order valence-electron chi connectivity index (χ4n) is 3.87. The summed E-state index contributed by atoms with van der Waals surface area (Å²) in [5.41, 5.74) is 1.94. The second kappa shape index (κ2) is 8.32. The zero-order valence-corrected chi connectivity index (χ0v) is 17.9. The molecular weight excluding hydrogens is 435 g/mol. The minimum absolute atomic E-state index is 0.0555. The van der Waals surface area contributed by atoms with E-state index in [0.717, 1.165) is 48.8 Å². The molecule has 2 aromatic rings. The zero-order valence-electron chi connectivity index (χ0n) is 16.4. The lowest BCUT2D eigenvalue weighted by molar-refractivity contribution is -0.137. The summed E-state index contributed by atoms with van der Waals surface area (Å²) in [4.78, 5) is 16.5. The molecular formula is C21H21ClF3N3OS. The third kappa shape index (κ3) is 4.55. The Kier molecular flexibility index (Phi) is 5.92. The van der Waals surface area contributed by atoms with Crippen molar-refractivity contribution in [1.29, 1.82) is 0 Å². The van der Waals surface area contributed by atoms with Crippen LogP contribution in [-0.2, 0) is 17.4 Å². The normalized spacial score (nSPS) is 17.4. The lowest BCUT2D eigenvalue weighted by Crippen LogP contribution is -2.43. The predicted octanol–water partition coefficient (Wildman–Crippen LogP) is 5.10. The van der Waals surface area contributed by atoms with Crippen LogP contribution in [0, 0.1) is 0 Å². The Hall–Kier alpha value is -1.90. The van der Waals surface area contributed by atoms with Crippen LogP contribution >= 0.6 is 23.5 Å². The number of nitrogens with zero attached hydrogens (tertiary/aromatic N) is 3. The molecule has 30 heavy (non-hydrogen) atoms. The molecule has 0 unspecified atom stereocenters. The number of fused-ring (bicyclic) bond motifs is 1. The maximum Gasteiger partial charge on any atom is 0.416 e. The summed E-state index contributed by atoms with van der Waals surface area (Å²) in [6.07, 6.45) is -3.56. The van der Waals surface area contributed by atoms with Crippen molar-refractivity contribution in [3.63, 3.8) is 0 Å². The Balaban J connectivity index is 1.39. The monoisotopic (exact) mass is 455 g/mol. The molecule has 0 atom stereocenters. The minimum Gasteiger partial charge on any atom is -0.369 e. The predicted molar refractivity (Wildman–Crippen MR) is 114 cm³/mol. The Morgan fingerprint density at radius 3 is 2.43 bits per heavy atom. The van der Waals surface area contributed by atoms with Gasteiger partial charge in [0.25, 0.3) is 0 Å². The van der Waals surface area contributed by atoms with Crippen LogP contribution in [0.25, 0.3) is 0 Å². The summed E-state index contributed by atoms with van der Waals surface area (Å²) in [6.45, 7) is 4.97. The average Bonchev–Trinajstić information content (AvgIpc) is 3.11. The van der Waals surface area contributed by atoms with Gasteiger partial charge in [0.15, 0.2) is 0 Å². The number of halogens is 4. The Morgan fingerprint density at radius 1 is 1.03 bits per heavy atom. The lowest BCUT2D eigenvalue weighted by atomic mass is 10.1. The van der Waals surface area contributed by atoms with E-state index in [-0.39, 0.29) is 10.9 Å². The minimum atomic E-state index is -4.41. The van der Waals surface area contributed by atoms with Crippen molar-refractivity contribution in [2.45, 2.75) is 24.4 Å². The first-order chi connectivity index (χ1) is 14.2. The van der Waals surface area contributed by atoms with Crippen LogP contribution in [0.4, 0.5) is 24.5 Å². The van der Waals surface area contributed by atoms with E-state index in [2.05, 4.69) is 10.4 Å². The van der Waals surface area contributed by atoms with Gasteiger partial charge in [0, 0.05) is 60.9 Å². The fraction of sp³-hybridized carbons (Fsp3) is 0.381. The number of carbonyl (C=O) groups is 1. The maximum absolute atomic E-state index is 13.1. The molecule has 160 valence electrons. The number of piperazine rings is 1. The topological polar surface area (TPSA) is 26.8 Å². The maximum atomic E-state index is 13.1. The van der Waals surface area contributed by atoms with Gasteiger partial charge in [-0.25, -0.2) is 4.31 Å². The van der Waals surface area contributed by atoms with Gasteiger partial charge in [0.05, 0.1) is 5.56 Å². The van der Waals surface area contributed by atoms with E-state index in [4.69, 9.17) is 11.6 Å². The second-order valence-electron chi connectivity index (χ2n) is 7.41. The van der Waals surface area contributed by atoms with E-state index in [1.807, 2.05) is 17.0 Å². The van der Waals surface area contributed by atoms with Gasteiger partial charge < -0.3 is 9.80 Å². The molecule has 2 aliphatic rings. The van der Waals surface area contributed by atoms with Crippen molar-refractivity contribution in [1.82, 2.24) is 4.31 Å². The number of rotatable bonds is 3. The van der Waals surface area contributed by atoms with Gasteiger partial charge in [0.1, 0.15) is 0 Å². The summed E-state index contributed by atoms with van der Waals surface area (Å²) in [6, 6.07) is 9.84. The van der Waals surface area contributed by atoms with Gasteiger partial charge in [-0.3, -0.25) is 4.79 Å². The van der Waals surface area contributed by atoms with Gasteiger partial charge in [-0.1, -0.05) is 11.6 Å². The van der Waals surface area contributed by atoms with Crippen molar-refractivity contribution in [2.24, 2.45) is 0 Å². The number of hydrogen-bond acceptors (Lipinski definition) is 4.